The van der Waals surface area contributed by atoms with Crippen molar-refractivity contribution in [3.8, 4) is 0 Å². The van der Waals surface area contributed by atoms with Gasteiger partial charge in [-0.25, -0.2) is 17.9 Å². The molecule has 1 N–H and O–H groups in total. The lowest BCUT2D eigenvalue weighted by Crippen LogP contribution is -2.47. The molecule has 0 bridgehead atoms. The maximum atomic E-state index is 12.7. The quantitative estimate of drug-likeness (QED) is 0.646. The van der Waals surface area contributed by atoms with Crippen molar-refractivity contribution in [2.24, 2.45) is 0 Å². The standard InChI is InChI=1S/C20H31ClN2O5S/c1-12(2)23(13(3)4)18(24)14(5)28-19(25)15-9-10-16(21)17(11-15)29(26,27)22-20(6,7)8/h9-14,22H,1-8H3. The molecule has 1 amide bonds. The van der Waals surface area contributed by atoms with Crippen LogP contribution in [0.1, 0.15) is 65.7 Å². The number of benzene rings is 1. The van der Waals surface area contributed by atoms with Gasteiger partial charge in [0.1, 0.15) is 4.90 Å². The van der Waals surface area contributed by atoms with Crippen LogP contribution in [0.4, 0.5) is 0 Å². The number of rotatable bonds is 7. The fourth-order valence-corrected chi connectivity index (χ4v) is 4.83. The van der Waals surface area contributed by atoms with Crippen LogP contribution >= 0.6 is 11.6 Å². The fourth-order valence-electron chi connectivity index (χ4n) is 2.89. The van der Waals surface area contributed by atoms with E-state index >= 15 is 0 Å². The number of ether oxygens (including phenoxy) is 1. The molecule has 1 rings (SSSR count). The molecule has 0 radical (unpaired) electrons. The second-order valence-electron chi connectivity index (χ2n) is 8.48. The lowest BCUT2D eigenvalue weighted by molar-refractivity contribution is -0.143. The summed E-state index contributed by atoms with van der Waals surface area (Å²) in [7, 11) is -3.95. The van der Waals surface area contributed by atoms with Crippen molar-refractivity contribution >= 4 is 33.5 Å². The Morgan fingerprint density at radius 3 is 2.03 bits per heavy atom. The van der Waals surface area contributed by atoms with E-state index < -0.39 is 27.6 Å². The SMILES string of the molecule is CC(OC(=O)c1ccc(Cl)c(S(=O)(=O)NC(C)(C)C)c1)C(=O)N(C(C)C)C(C)C. The van der Waals surface area contributed by atoms with E-state index in [1.807, 2.05) is 27.7 Å². The maximum absolute atomic E-state index is 12.7. The molecular formula is C20H31ClN2O5S. The van der Waals surface area contributed by atoms with Crippen LogP contribution in [0.25, 0.3) is 0 Å². The molecule has 1 unspecified atom stereocenters. The number of amides is 1. The van der Waals surface area contributed by atoms with Crippen LogP contribution in [0, 0.1) is 0 Å². The second kappa shape index (κ2) is 9.45. The van der Waals surface area contributed by atoms with Gasteiger partial charge in [0, 0.05) is 17.6 Å². The maximum Gasteiger partial charge on any atom is 0.338 e. The van der Waals surface area contributed by atoms with Gasteiger partial charge in [-0.2, -0.15) is 0 Å². The van der Waals surface area contributed by atoms with Gasteiger partial charge in [-0.1, -0.05) is 11.6 Å². The largest absolute Gasteiger partial charge is 0.449 e. The second-order valence-corrected chi connectivity index (χ2v) is 10.5. The third-order valence-corrected chi connectivity index (χ3v) is 6.14. The van der Waals surface area contributed by atoms with Crippen molar-refractivity contribution in [2.45, 2.75) is 84.0 Å². The summed E-state index contributed by atoms with van der Waals surface area (Å²) in [5, 5.41) is -0.0202. The van der Waals surface area contributed by atoms with Crippen molar-refractivity contribution < 1.29 is 22.7 Å². The Balaban J connectivity index is 3.11. The Kier molecular flexibility index (Phi) is 8.27. The Morgan fingerprint density at radius 2 is 1.59 bits per heavy atom. The highest BCUT2D eigenvalue weighted by Gasteiger charge is 2.29. The number of halogens is 1. The number of carbonyl (C=O) groups is 2. The number of hydrogen-bond acceptors (Lipinski definition) is 5. The molecule has 164 valence electrons. The Morgan fingerprint density at radius 1 is 1.07 bits per heavy atom. The number of hydrogen-bond donors (Lipinski definition) is 1. The average Bonchev–Trinajstić information content (AvgIpc) is 2.51. The van der Waals surface area contributed by atoms with Crippen LogP contribution < -0.4 is 4.72 Å². The van der Waals surface area contributed by atoms with Gasteiger partial charge in [-0.3, -0.25) is 4.79 Å². The summed E-state index contributed by atoms with van der Waals surface area (Å²) in [6.45, 7) is 14.1. The van der Waals surface area contributed by atoms with Gasteiger partial charge < -0.3 is 9.64 Å². The molecule has 0 saturated carbocycles. The molecule has 1 aromatic carbocycles. The Labute approximate surface area is 178 Å². The van der Waals surface area contributed by atoms with Gasteiger partial charge in [0.05, 0.1) is 10.6 Å². The summed E-state index contributed by atoms with van der Waals surface area (Å²) in [4.78, 5) is 26.6. The molecule has 7 nitrogen and oxygen atoms in total. The van der Waals surface area contributed by atoms with Crippen LogP contribution in [0.2, 0.25) is 5.02 Å². The van der Waals surface area contributed by atoms with E-state index in [9.17, 15) is 18.0 Å². The van der Waals surface area contributed by atoms with Crippen LogP contribution in [-0.2, 0) is 19.6 Å². The summed E-state index contributed by atoms with van der Waals surface area (Å²) in [6.07, 6.45) is -1.02. The van der Waals surface area contributed by atoms with E-state index in [1.165, 1.54) is 19.1 Å². The van der Waals surface area contributed by atoms with Crippen molar-refractivity contribution in [1.29, 1.82) is 0 Å². The van der Waals surface area contributed by atoms with Crippen LogP contribution in [-0.4, -0.2) is 48.9 Å². The first-order chi connectivity index (χ1) is 13.1. The van der Waals surface area contributed by atoms with Crippen molar-refractivity contribution in [3.63, 3.8) is 0 Å². The van der Waals surface area contributed by atoms with E-state index in [1.54, 1.807) is 25.7 Å². The number of nitrogens with zero attached hydrogens (tertiary/aromatic N) is 1. The molecule has 0 saturated heterocycles. The third kappa shape index (κ3) is 6.97. The Bertz CT molecular complexity index is 852. The monoisotopic (exact) mass is 446 g/mol. The highest BCUT2D eigenvalue weighted by Crippen LogP contribution is 2.24. The molecule has 9 heteroatoms. The lowest BCUT2D eigenvalue weighted by Gasteiger charge is -2.32. The fraction of sp³-hybridized carbons (Fsp3) is 0.600. The van der Waals surface area contributed by atoms with Crippen molar-refractivity contribution in [1.82, 2.24) is 9.62 Å². The zero-order valence-corrected chi connectivity index (χ0v) is 19.8. The van der Waals surface area contributed by atoms with Crippen molar-refractivity contribution in [2.75, 3.05) is 0 Å². The summed E-state index contributed by atoms with van der Waals surface area (Å²) in [6, 6.07) is 3.72. The molecule has 0 aromatic heterocycles. The third-order valence-electron chi connectivity index (χ3n) is 3.90. The zero-order valence-electron chi connectivity index (χ0n) is 18.2. The van der Waals surface area contributed by atoms with Gasteiger partial charge in [-0.15, -0.1) is 0 Å². The molecule has 29 heavy (non-hydrogen) atoms. The van der Waals surface area contributed by atoms with E-state index in [2.05, 4.69) is 4.72 Å². The molecule has 0 spiro atoms. The van der Waals surface area contributed by atoms with Crippen LogP contribution in [0.5, 0.6) is 0 Å². The van der Waals surface area contributed by atoms with E-state index in [-0.39, 0.29) is 33.5 Å². The summed E-state index contributed by atoms with van der Waals surface area (Å²) >= 11 is 6.05. The lowest BCUT2D eigenvalue weighted by atomic mass is 10.1. The number of nitrogens with one attached hydrogen (secondary N) is 1. The van der Waals surface area contributed by atoms with Gasteiger partial charge in [-0.05, 0) is 73.6 Å². The predicted molar refractivity (Wildman–Crippen MR) is 114 cm³/mol. The van der Waals surface area contributed by atoms with Crippen LogP contribution in [0.15, 0.2) is 23.1 Å². The van der Waals surface area contributed by atoms with Gasteiger partial charge in [0.25, 0.3) is 5.91 Å². The predicted octanol–water partition coefficient (Wildman–Crippen LogP) is 3.61. The first-order valence-corrected chi connectivity index (χ1v) is 11.3. The van der Waals surface area contributed by atoms with E-state index in [0.717, 1.165) is 6.07 Å². The molecule has 0 aliphatic rings. The molecule has 0 fully saturated rings. The normalized spacial score (nSPS) is 13.5. The minimum absolute atomic E-state index is 0.0102. The van der Waals surface area contributed by atoms with Gasteiger partial charge in [0.2, 0.25) is 10.0 Å². The van der Waals surface area contributed by atoms with Crippen LogP contribution in [0.3, 0.4) is 0 Å². The summed E-state index contributed by atoms with van der Waals surface area (Å²) in [5.74, 6) is -1.12. The number of esters is 1. The zero-order chi connectivity index (χ0) is 22.7. The average molecular weight is 447 g/mol. The highest BCUT2D eigenvalue weighted by atomic mass is 35.5. The first kappa shape index (κ1) is 25.4. The molecule has 1 aromatic rings. The molecular weight excluding hydrogens is 416 g/mol. The topological polar surface area (TPSA) is 92.8 Å². The molecule has 0 heterocycles. The summed E-state index contributed by atoms with van der Waals surface area (Å²) in [5.41, 5.74) is -0.736. The van der Waals surface area contributed by atoms with E-state index in [4.69, 9.17) is 16.3 Å². The Hall–Kier alpha value is -1.64. The molecule has 1 atom stereocenters. The molecule has 0 aliphatic carbocycles. The van der Waals surface area contributed by atoms with Gasteiger partial charge >= 0.3 is 5.97 Å². The van der Waals surface area contributed by atoms with Gasteiger partial charge in [0.15, 0.2) is 6.10 Å². The van der Waals surface area contributed by atoms with E-state index in [0.29, 0.717) is 0 Å². The number of sulfonamides is 1. The minimum Gasteiger partial charge on any atom is -0.449 e. The minimum atomic E-state index is -3.95. The first-order valence-electron chi connectivity index (χ1n) is 9.43. The summed E-state index contributed by atoms with van der Waals surface area (Å²) < 4.78 is 33.0. The number of carbonyl (C=O) groups excluding carboxylic acids is 2. The smallest absolute Gasteiger partial charge is 0.338 e. The van der Waals surface area contributed by atoms with Crippen molar-refractivity contribution in [3.05, 3.63) is 28.8 Å². The molecule has 0 aliphatic heterocycles. The highest BCUT2D eigenvalue weighted by molar-refractivity contribution is 7.89.